The van der Waals surface area contributed by atoms with Crippen LogP contribution in [0, 0.1) is 51.8 Å². The number of benzene rings is 1. The van der Waals surface area contributed by atoms with E-state index < -0.39 is 5.41 Å². The van der Waals surface area contributed by atoms with Crippen molar-refractivity contribution in [2.75, 3.05) is 78.0 Å². The summed E-state index contributed by atoms with van der Waals surface area (Å²) in [5, 5.41) is 24.3. The first-order valence-electron chi connectivity index (χ1n) is 28.6. The summed E-state index contributed by atoms with van der Waals surface area (Å²) in [6, 6.07) is 6.53. The lowest BCUT2D eigenvalue weighted by Crippen LogP contribution is -2.51. The van der Waals surface area contributed by atoms with Gasteiger partial charge < -0.3 is 45.1 Å². The topological polar surface area (TPSA) is 151 Å². The van der Waals surface area contributed by atoms with Crippen LogP contribution in [0.15, 0.2) is 29.8 Å². The number of alkyl carbamates (subject to hydrolysis) is 1. The van der Waals surface area contributed by atoms with E-state index in [0.717, 1.165) is 155 Å². The second kappa shape index (κ2) is 23.9. The highest BCUT2D eigenvalue weighted by atomic mass is 16.6. The third-order valence-corrected chi connectivity index (χ3v) is 19.1. The van der Waals surface area contributed by atoms with Gasteiger partial charge in [-0.25, -0.2) is 14.8 Å². The van der Waals surface area contributed by atoms with Crippen LogP contribution in [0.4, 0.5) is 10.6 Å². The van der Waals surface area contributed by atoms with Crippen molar-refractivity contribution < 1.29 is 24.5 Å². The highest BCUT2D eigenvalue weighted by molar-refractivity contribution is 6.06. The lowest BCUT2D eigenvalue weighted by atomic mass is 9.47. The van der Waals surface area contributed by atoms with E-state index in [2.05, 4.69) is 85.5 Å². The average Bonchev–Trinajstić information content (AvgIpc) is 3.91. The average molecular weight is 982 g/mol. The minimum Gasteiger partial charge on any atom is -0.446 e. The van der Waals surface area contributed by atoms with Crippen LogP contribution in [0.5, 0.6) is 0 Å². The summed E-state index contributed by atoms with van der Waals surface area (Å²) in [6.07, 6.45) is 22.1. The van der Waals surface area contributed by atoms with Crippen molar-refractivity contribution in [2.45, 2.75) is 170 Å². The molecule has 4 fully saturated rings. The number of piperazine rings is 1. The molecule has 1 saturated heterocycles. The highest BCUT2D eigenvalue weighted by Crippen LogP contribution is 2.67. The Hall–Kier alpha value is -3.29. The first kappa shape index (κ1) is 54.0. The van der Waals surface area contributed by atoms with Crippen LogP contribution in [-0.2, 0) is 28.9 Å². The lowest BCUT2D eigenvalue weighted by Gasteiger charge is -2.58. The molecule has 71 heavy (non-hydrogen) atoms. The summed E-state index contributed by atoms with van der Waals surface area (Å²) < 4.78 is 14.2. The summed E-state index contributed by atoms with van der Waals surface area (Å²) in [5.74, 6) is 6.35. The van der Waals surface area contributed by atoms with E-state index in [1.807, 2.05) is 6.92 Å². The van der Waals surface area contributed by atoms with Crippen molar-refractivity contribution in [3.8, 4) is 0 Å². The van der Waals surface area contributed by atoms with Gasteiger partial charge >= 0.3 is 6.09 Å². The highest BCUT2D eigenvalue weighted by Gasteiger charge is 2.59. The number of rotatable bonds is 24. The minimum atomic E-state index is -0.683. The number of anilines is 1. The number of nitrogens with two attached hydrogens (primary N) is 1. The quantitative estimate of drug-likeness (QED) is 0.0504. The Morgan fingerprint density at radius 3 is 2.41 bits per heavy atom. The van der Waals surface area contributed by atoms with Gasteiger partial charge in [-0.3, -0.25) is 0 Å². The number of aryl methyl sites for hydroxylation is 2. The van der Waals surface area contributed by atoms with Crippen molar-refractivity contribution in [3.05, 3.63) is 41.2 Å². The maximum absolute atomic E-state index is 12.9. The van der Waals surface area contributed by atoms with Gasteiger partial charge in [0.1, 0.15) is 17.4 Å². The van der Waals surface area contributed by atoms with Gasteiger partial charge in [-0.1, -0.05) is 97.9 Å². The molecule has 4 aliphatic carbocycles. The van der Waals surface area contributed by atoms with Crippen LogP contribution in [0.25, 0.3) is 21.9 Å². The van der Waals surface area contributed by atoms with Gasteiger partial charge in [0.25, 0.3) is 0 Å². The van der Waals surface area contributed by atoms with Gasteiger partial charge in [-0.2, -0.15) is 0 Å². The number of allylic oxidation sites excluding steroid dienone is 1. The van der Waals surface area contributed by atoms with Crippen molar-refractivity contribution in [1.29, 1.82) is 0 Å². The molecule has 3 heterocycles. The number of carbonyl (C=O) groups is 1. The molecular weight excluding hydrogens is 887 g/mol. The van der Waals surface area contributed by atoms with E-state index in [1.165, 1.54) is 56.9 Å². The van der Waals surface area contributed by atoms with Gasteiger partial charge in [0.05, 0.1) is 30.9 Å². The molecule has 12 nitrogen and oxygen atoms in total. The molecule has 0 radical (unpaired) electrons. The zero-order valence-electron chi connectivity index (χ0n) is 45.3. The monoisotopic (exact) mass is 982 g/mol. The van der Waals surface area contributed by atoms with Crippen molar-refractivity contribution in [3.63, 3.8) is 0 Å². The van der Waals surface area contributed by atoms with E-state index in [-0.39, 0.29) is 30.8 Å². The molecule has 8 atom stereocenters. The van der Waals surface area contributed by atoms with Crippen LogP contribution >= 0.6 is 0 Å². The first-order valence-corrected chi connectivity index (χ1v) is 28.6. The molecule has 12 heteroatoms. The molecule has 3 saturated carbocycles. The standard InChI is InChI=1S/C59H95N7O5/c1-8-9-16-52-63-53-54(66(52)38-57(5,39-67)40-68)47-19-17-43(36-51(47)62-55(53)60)15-11-28-64-30-32-65(33-31-64)29-12-34-70-35-27-61-56(69)71-45-23-25-58(6)44(37-45)18-20-46-49-22-21-48(42(4)14-10-13-41(2)3)59(49,7)26-24-50(46)58/h17-19,36,41-42,45-46,48-50,67-68H,8-16,20-35,37-40H2,1-7H3,(H2,60,62)(H,61,69)/t42-,45+,46+,48-,49+,50+,58+,59-/m1/s1. The molecule has 0 bridgehead atoms. The fraction of sp³-hybridized carbons (Fsp3) is 0.780. The second-order valence-electron chi connectivity index (χ2n) is 24.6. The Bertz CT molecular complexity index is 2250. The number of nitrogen functional groups attached to an aromatic ring is 1. The second-order valence-corrected chi connectivity index (χ2v) is 24.6. The maximum Gasteiger partial charge on any atom is 0.407 e. The number of fused-ring (bicyclic) bond motifs is 8. The minimum absolute atomic E-state index is 0.0323. The Kier molecular flexibility index (Phi) is 18.2. The molecule has 5 aliphatic rings. The van der Waals surface area contributed by atoms with Gasteiger partial charge in [0.15, 0.2) is 5.82 Å². The molecule has 8 rings (SSSR count). The van der Waals surface area contributed by atoms with Crippen LogP contribution in [0.2, 0.25) is 0 Å². The molecule has 5 N–H and O–H groups in total. The van der Waals surface area contributed by atoms with Crippen LogP contribution in [-0.4, -0.2) is 119 Å². The normalized spacial score (nSPS) is 27.7. The van der Waals surface area contributed by atoms with E-state index in [1.54, 1.807) is 5.57 Å². The number of pyridine rings is 1. The number of hydrogen-bond acceptors (Lipinski definition) is 10. The van der Waals surface area contributed by atoms with Gasteiger partial charge in [0.2, 0.25) is 0 Å². The summed E-state index contributed by atoms with van der Waals surface area (Å²) in [6.45, 7) is 24.9. The number of ether oxygens (including phenoxy) is 2. The number of aromatic nitrogens is 3. The summed E-state index contributed by atoms with van der Waals surface area (Å²) >= 11 is 0. The SMILES string of the molecule is CCCCc1nc2c(N)nc3cc(CCCN4CCN(CCCOCCNC(=O)O[C@H]5CC[C@@]6(C)C(=CC[C@H]7[C@@H]8CC[C@H]([C@H](C)CCCC(C)C)[C@@]8(C)CC[C@@H]76)C5)CC4)ccc3c2n1CC(C)(CO)CO. The third-order valence-electron chi connectivity index (χ3n) is 19.1. The molecule has 2 aromatic heterocycles. The van der Waals surface area contributed by atoms with Crippen LogP contribution in [0.1, 0.15) is 156 Å². The number of amides is 1. The number of unbranched alkanes of at least 4 members (excludes halogenated alkanes) is 1. The Labute approximate surface area is 427 Å². The molecule has 0 spiro atoms. The number of hydrogen-bond donors (Lipinski definition) is 4. The number of aliphatic hydroxyl groups excluding tert-OH is 2. The first-order chi connectivity index (χ1) is 34.2. The molecule has 3 aromatic rings. The number of carbonyl (C=O) groups excluding carboxylic acids is 1. The van der Waals surface area contributed by atoms with Gasteiger partial charge in [-0.15, -0.1) is 0 Å². The van der Waals surface area contributed by atoms with Crippen molar-refractivity contribution in [2.24, 2.45) is 51.8 Å². The molecule has 0 unspecified atom stereocenters. The van der Waals surface area contributed by atoms with E-state index in [4.69, 9.17) is 25.2 Å². The fourth-order valence-electron chi connectivity index (χ4n) is 14.8. The summed E-state index contributed by atoms with van der Waals surface area (Å²) in [5.41, 5.74) is 11.9. The van der Waals surface area contributed by atoms with Crippen molar-refractivity contribution >= 4 is 33.8 Å². The summed E-state index contributed by atoms with van der Waals surface area (Å²) in [4.78, 5) is 27.8. The smallest absolute Gasteiger partial charge is 0.407 e. The molecule has 396 valence electrons. The van der Waals surface area contributed by atoms with E-state index >= 15 is 0 Å². The molecule has 1 aromatic carbocycles. The Morgan fingerprint density at radius 2 is 1.68 bits per heavy atom. The van der Waals surface area contributed by atoms with Crippen LogP contribution in [0.3, 0.4) is 0 Å². The lowest BCUT2D eigenvalue weighted by molar-refractivity contribution is -0.0581. The molecule has 1 amide bonds. The predicted octanol–water partition coefficient (Wildman–Crippen LogP) is 10.6. The number of nitrogens with one attached hydrogen (secondary N) is 1. The van der Waals surface area contributed by atoms with E-state index in [0.29, 0.717) is 43.1 Å². The predicted molar refractivity (Wildman–Crippen MR) is 288 cm³/mol. The van der Waals surface area contributed by atoms with Crippen molar-refractivity contribution in [1.82, 2.24) is 29.7 Å². The van der Waals surface area contributed by atoms with Gasteiger partial charge in [0, 0.05) is 76.1 Å². The zero-order valence-corrected chi connectivity index (χ0v) is 45.3. The fourth-order valence-corrected chi connectivity index (χ4v) is 14.8. The third kappa shape index (κ3) is 12.3. The number of nitrogens with zero attached hydrogens (tertiary/aromatic N) is 5. The zero-order chi connectivity index (χ0) is 50.3. The summed E-state index contributed by atoms with van der Waals surface area (Å²) in [7, 11) is 0. The maximum atomic E-state index is 12.9. The Balaban J connectivity index is 0.698. The molecular formula is C59H95N7O5. The Morgan fingerprint density at radius 1 is 0.915 bits per heavy atom. The van der Waals surface area contributed by atoms with Crippen LogP contribution < -0.4 is 11.1 Å². The largest absolute Gasteiger partial charge is 0.446 e. The molecule has 1 aliphatic heterocycles. The number of aliphatic hydroxyl groups is 2. The number of imidazole rings is 1. The van der Waals surface area contributed by atoms with Gasteiger partial charge in [-0.05, 0) is 135 Å². The van der Waals surface area contributed by atoms with E-state index in [9.17, 15) is 15.0 Å².